The molecule has 2 aliphatic rings. The molecule has 1 heterocycles. The Bertz CT molecular complexity index is 543. The largest absolute Gasteiger partial charge is 0.432 e. The molecule has 0 N–H and O–H groups in total. The molecule has 134 valence electrons. The van der Waals surface area contributed by atoms with Gasteiger partial charge in [-0.3, -0.25) is 4.79 Å². The third-order valence-electron chi connectivity index (χ3n) is 5.32. The topological polar surface area (TPSA) is 38.8 Å². The van der Waals surface area contributed by atoms with Crippen molar-refractivity contribution in [3.8, 4) is 0 Å². The van der Waals surface area contributed by atoms with Crippen molar-refractivity contribution in [1.29, 1.82) is 0 Å². The molecule has 0 bridgehead atoms. The van der Waals surface area contributed by atoms with Crippen LogP contribution in [0.15, 0.2) is 35.6 Å². The van der Waals surface area contributed by atoms with Crippen molar-refractivity contribution in [1.82, 2.24) is 0 Å². The molecule has 1 aliphatic heterocycles. The van der Waals surface area contributed by atoms with E-state index in [1.165, 1.54) is 18.1 Å². The first-order chi connectivity index (χ1) is 11.3. The fraction of sp³-hybridized carbons (Fsp3) is 0.667. The van der Waals surface area contributed by atoms with Gasteiger partial charge in [0.05, 0.1) is 11.7 Å². The second-order valence-corrected chi connectivity index (χ2v) is 7.63. The van der Waals surface area contributed by atoms with Crippen molar-refractivity contribution < 1.29 is 14.3 Å². The summed E-state index contributed by atoms with van der Waals surface area (Å²) in [5.41, 5.74) is 2.85. The Labute approximate surface area is 146 Å². The Morgan fingerprint density at radius 2 is 1.92 bits per heavy atom. The maximum Gasteiger partial charge on any atom is 0.307 e. The van der Waals surface area contributed by atoms with Gasteiger partial charge < -0.3 is 9.47 Å². The fourth-order valence-corrected chi connectivity index (χ4v) is 3.50. The van der Waals surface area contributed by atoms with Crippen molar-refractivity contribution in [3.63, 3.8) is 0 Å². The van der Waals surface area contributed by atoms with Crippen molar-refractivity contribution in [2.45, 2.75) is 84.3 Å². The summed E-state index contributed by atoms with van der Waals surface area (Å²) in [7, 11) is 0. The highest BCUT2D eigenvalue weighted by Crippen LogP contribution is 2.45. The summed E-state index contributed by atoms with van der Waals surface area (Å²) in [4.78, 5) is 11.3. The summed E-state index contributed by atoms with van der Waals surface area (Å²) in [6.45, 7) is 12.1. The van der Waals surface area contributed by atoms with Gasteiger partial charge >= 0.3 is 5.97 Å². The lowest BCUT2D eigenvalue weighted by molar-refractivity contribution is -0.137. The highest BCUT2D eigenvalue weighted by Gasteiger charge is 2.52. The van der Waals surface area contributed by atoms with Crippen molar-refractivity contribution in [2.75, 3.05) is 0 Å². The Morgan fingerprint density at radius 1 is 1.25 bits per heavy atom. The number of epoxide rings is 1. The van der Waals surface area contributed by atoms with E-state index in [-0.39, 0.29) is 23.6 Å². The van der Waals surface area contributed by atoms with Crippen LogP contribution in [-0.4, -0.2) is 17.7 Å². The summed E-state index contributed by atoms with van der Waals surface area (Å²) >= 11 is 0. The summed E-state index contributed by atoms with van der Waals surface area (Å²) < 4.78 is 11.3. The number of carbonyl (C=O) groups is 1. The molecular formula is C21H32O3. The number of rotatable bonds is 2. The zero-order valence-electron chi connectivity index (χ0n) is 15.7. The molecule has 3 atom stereocenters. The summed E-state index contributed by atoms with van der Waals surface area (Å²) in [6, 6.07) is 0. The standard InChI is InChI=1S/C21H32O3/c1-15-8-6-9-16(2)11-12-19(17(3)23-18(4)22)14-20-21(5,24-20)13-7-10-15/h9-10,19-20H,3,6-8,11-14H2,1-2,4-5H3/b15-10+,16-9+/t19?,20?,21-/m0/s1. The van der Waals surface area contributed by atoms with E-state index < -0.39 is 0 Å². The molecule has 0 aromatic carbocycles. The third-order valence-corrected chi connectivity index (χ3v) is 5.32. The lowest BCUT2D eigenvalue weighted by Gasteiger charge is -2.19. The maximum atomic E-state index is 11.3. The molecule has 0 spiro atoms. The van der Waals surface area contributed by atoms with E-state index >= 15 is 0 Å². The van der Waals surface area contributed by atoms with Gasteiger partial charge in [0.15, 0.2) is 0 Å². The molecule has 3 nitrogen and oxygen atoms in total. The fourth-order valence-electron chi connectivity index (χ4n) is 3.50. The van der Waals surface area contributed by atoms with E-state index in [1.54, 1.807) is 0 Å². The zero-order chi connectivity index (χ0) is 17.7. The Morgan fingerprint density at radius 3 is 2.62 bits per heavy atom. The van der Waals surface area contributed by atoms with Crippen LogP contribution < -0.4 is 0 Å². The average Bonchev–Trinajstić information content (AvgIpc) is 3.11. The summed E-state index contributed by atoms with van der Waals surface area (Å²) in [5, 5.41) is 0. The Balaban J connectivity index is 2.08. The minimum Gasteiger partial charge on any atom is -0.432 e. The lowest BCUT2D eigenvalue weighted by Crippen LogP contribution is -2.16. The second kappa shape index (κ2) is 8.15. The first kappa shape index (κ1) is 19.0. The molecule has 0 amide bonds. The van der Waals surface area contributed by atoms with E-state index in [0.717, 1.165) is 44.9 Å². The number of hydrogen-bond donors (Lipinski definition) is 0. The van der Waals surface area contributed by atoms with Gasteiger partial charge in [-0.15, -0.1) is 0 Å². The average molecular weight is 332 g/mol. The van der Waals surface area contributed by atoms with Crippen LogP contribution in [0.3, 0.4) is 0 Å². The van der Waals surface area contributed by atoms with Gasteiger partial charge in [-0.05, 0) is 65.7 Å². The van der Waals surface area contributed by atoms with Crippen LogP contribution in [0, 0.1) is 5.92 Å². The van der Waals surface area contributed by atoms with E-state index in [4.69, 9.17) is 9.47 Å². The van der Waals surface area contributed by atoms with Crippen LogP contribution in [0.25, 0.3) is 0 Å². The molecule has 2 rings (SSSR count). The number of hydrogen-bond acceptors (Lipinski definition) is 3. The highest BCUT2D eigenvalue weighted by molar-refractivity contribution is 5.67. The molecule has 3 heteroatoms. The first-order valence-corrected chi connectivity index (χ1v) is 9.16. The second-order valence-electron chi connectivity index (χ2n) is 7.63. The molecule has 0 saturated carbocycles. The van der Waals surface area contributed by atoms with Gasteiger partial charge in [0, 0.05) is 12.8 Å². The van der Waals surface area contributed by atoms with Crippen molar-refractivity contribution in [3.05, 3.63) is 35.6 Å². The number of allylic oxidation sites excluding steroid dienone is 5. The van der Waals surface area contributed by atoms with Crippen LogP contribution in [0.2, 0.25) is 0 Å². The predicted molar refractivity (Wildman–Crippen MR) is 97.5 cm³/mol. The van der Waals surface area contributed by atoms with Crippen LogP contribution >= 0.6 is 0 Å². The summed E-state index contributed by atoms with van der Waals surface area (Å²) in [6.07, 6.45) is 12.1. The Kier molecular flexibility index (Phi) is 6.45. The third kappa shape index (κ3) is 5.62. The minimum atomic E-state index is -0.285. The number of esters is 1. The quantitative estimate of drug-likeness (QED) is 0.291. The van der Waals surface area contributed by atoms with Crippen molar-refractivity contribution in [2.24, 2.45) is 5.92 Å². The zero-order valence-corrected chi connectivity index (χ0v) is 15.7. The van der Waals surface area contributed by atoms with Gasteiger partial charge in [-0.1, -0.05) is 29.9 Å². The lowest BCUT2D eigenvalue weighted by atomic mass is 9.88. The molecule has 0 aromatic rings. The van der Waals surface area contributed by atoms with E-state index in [1.807, 2.05) is 0 Å². The van der Waals surface area contributed by atoms with E-state index in [2.05, 4.69) is 39.5 Å². The molecule has 1 fully saturated rings. The smallest absolute Gasteiger partial charge is 0.307 e. The SMILES string of the molecule is C=C(OC(C)=O)C1CC/C(C)=C/CC/C(C)=C/CC[C@]2(C)OC2C1. The van der Waals surface area contributed by atoms with Crippen molar-refractivity contribution >= 4 is 5.97 Å². The highest BCUT2D eigenvalue weighted by atomic mass is 16.6. The normalized spacial score (nSPS) is 36.2. The van der Waals surface area contributed by atoms with Crippen LogP contribution in [-0.2, 0) is 14.3 Å². The molecule has 0 aromatic heterocycles. The Hall–Kier alpha value is -1.35. The van der Waals surface area contributed by atoms with Gasteiger partial charge in [-0.25, -0.2) is 0 Å². The molecule has 24 heavy (non-hydrogen) atoms. The van der Waals surface area contributed by atoms with Gasteiger partial charge in [0.2, 0.25) is 0 Å². The van der Waals surface area contributed by atoms with E-state index in [9.17, 15) is 4.79 Å². The molecular weight excluding hydrogens is 300 g/mol. The number of fused-ring (bicyclic) bond motifs is 1. The first-order valence-electron chi connectivity index (χ1n) is 9.16. The van der Waals surface area contributed by atoms with Gasteiger partial charge in [-0.2, -0.15) is 0 Å². The minimum absolute atomic E-state index is 0.0272. The number of carbonyl (C=O) groups excluding carboxylic acids is 1. The predicted octanol–water partition coefficient (Wildman–Crippen LogP) is 5.47. The number of ether oxygens (including phenoxy) is 2. The molecule has 1 aliphatic carbocycles. The monoisotopic (exact) mass is 332 g/mol. The molecule has 0 radical (unpaired) electrons. The maximum absolute atomic E-state index is 11.3. The van der Waals surface area contributed by atoms with Gasteiger partial charge in [0.1, 0.15) is 5.76 Å². The molecule has 1 saturated heterocycles. The molecule has 2 unspecified atom stereocenters. The van der Waals surface area contributed by atoms with Crippen LogP contribution in [0.4, 0.5) is 0 Å². The van der Waals surface area contributed by atoms with Gasteiger partial charge in [0.25, 0.3) is 0 Å². The van der Waals surface area contributed by atoms with E-state index in [0.29, 0.717) is 5.76 Å². The summed E-state index contributed by atoms with van der Waals surface area (Å²) in [5.74, 6) is 0.479. The van der Waals surface area contributed by atoms with Crippen LogP contribution in [0.1, 0.15) is 72.6 Å². The van der Waals surface area contributed by atoms with Crippen LogP contribution in [0.5, 0.6) is 0 Å².